The third-order valence-corrected chi connectivity index (χ3v) is 7.19. The topological polar surface area (TPSA) is 71.1 Å². The number of ether oxygens (including phenoxy) is 2. The normalized spacial score (nSPS) is 19.4. The van der Waals surface area contributed by atoms with Crippen molar-refractivity contribution in [3.63, 3.8) is 0 Å². The maximum atomic E-state index is 11.7. The first-order chi connectivity index (χ1) is 14.5. The zero-order valence-corrected chi connectivity index (χ0v) is 18.9. The van der Waals surface area contributed by atoms with Crippen LogP contribution in [0.25, 0.3) is 0 Å². The van der Waals surface area contributed by atoms with Crippen LogP contribution in [0.5, 0.6) is 11.5 Å². The number of benzene rings is 2. The van der Waals surface area contributed by atoms with Gasteiger partial charge in [0, 0.05) is 16.9 Å². The van der Waals surface area contributed by atoms with Crippen molar-refractivity contribution in [3.05, 3.63) is 48.5 Å². The quantitative estimate of drug-likeness (QED) is 0.373. The summed E-state index contributed by atoms with van der Waals surface area (Å²) in [5.74, 6) is 2.63. The van der Waals surface area contributed by atoms with Crippen LogP contribution < -0.4 is 9.47 Å². The SMILES string of the molecule is COSc1ccc(OCC2CCC(COc3ccc(S(=O)(=O)OC)cc3)CC2)cc1. The zero-order chi connectivity index (χ0) is 21.4. The molecule has 1 aliphatic carbocycles. The van der Waals surface area contributed by atoms with Crippen LogP contribution in [-0.4, -0.2) is 35.9 Å². The molecule has 0 unspecified atom stereocenters. The Labute approximate surface area is 183 Å². The Kier molecular flexibility index (Phi) is 8.44. The molecule has 30 heavy (non-hydrogen) atoms. The molecule has 0 radical (unpaired) electrons. The van der Waals surface area contributed by atoms with E-state index >= 15 is 0 Å². The van der Waals surface area contributed by atoms with Gasteiger partial charge >= 0.3 is 0 Å². The van der Waals surface area contributed by atoms with Gasteiger partial charge in [-0.25, -0.2) is 0 Å². The maximum absolute atomic E-state index is 11.7. The summed E-state index contributed by atoms with van der Waals surface area (Å²) in [6, 6.07) is 14.3. The summed E-state index contributed by atoms with van der Waals surface area (Å²) in [4.78, 5) is 1.19. The third-order valence-electron chi connectivity index (χ3n) is 5.27. The average Bonchev–Trinajstić information content (AvgIpc) is 2.78. The molecule has 164 valence electrons. The summed E-state index contributed by atoms with van der Waals surface area (Å²) in [5.41, 5.74) is 0. The molecular formula is C22H28O6S2. The summed E-state index contributed by atoms with van der Waals surface area (Å²) in [5, 5.41) is 0. The van der Waals surface area contributed by atoms with E-state index < -0.39 is 10.1 Å². The predicted octanol–water partition coefficient (Wildman–Crippen LogP) is 4.94. The molecule has 2 aromatic rings. The second-order valence-corrected chi connectivity index (χ2v) is 10.0. The van der Waals surface area contributed by atoms with Crippen LogP contribution in [0, 0.1) is 11.8 Å². The smallest absolute Gasteiger partial charge is 0.296 e. The van der Waals surface area contributed by atoms with Crippen molar-refractivity contribution in [2.75, 3.05) is 27.4 Å². The van der Waals surface area contributed by atoms with Gasteiger partial charge in [-0.3, -0.25) is 4.18 Å². The molecule has 0 saturated heterocycles. The lowest BCUT2D eigenvalue weighted by atomic mass is 9.83. The second kappa shape index (κ2) is 11.0. The van der Waals surface area contributed by atoms with E-state index in [-0.39, 0.29) is 4.90 Å². The van der Waals surface area contributed by atoms with E-state index in [9.17, 15) is 8.42 Å². The van der Waals surface area contributed by atoms with Gasteiger partial charge in [0.1, 0.15) is 11.5 Å². The fourth-order valence-corrected chi connectivity index (χ4v) is 4.58. The van der Waals surface area contributed by atoms with Crippen molar-refractivity contribution in [2.45, 2.75) is 35.5 Å². The Morgan fingerprint density at radius 2 is 1.27 bits per heavy atom. The molecule has 3 rings (SSSR count). The van der Waals surface area contributed by atoms with E-state index in [4.69, 9.17) is 13.7 Å². The van der Waals surface area contributed by atoms with Gasteiger partial charge in [0.15, 0.2) is 0 Å². The fourth-order valence-electron chi connectivity index (χ4n) is 3.48. The highest BCUT2D eigenvalue weighted by Gasteiger charge is 2.22. The first-order valence-corrected chi connectivity index (χ1v) is 12.1. The molecule has 0 bridgehead atoms. The monoisotopic (exact) mass is 452 g/mol. The largest absolute Gasteiger partial charge is 0.493 e. The molecule has 0 atom stereocenters. The molecule has 0 aromatic heterocycles. The van der Waals surface area contributed by atoms with Crippen LogP contribution in [0.15, 0.2) is 58.3 Å². The van der Waals surface area contributed by atoms with Gasteiger partial charge in [-0.1, -0.05) is 0 Å². The van der Waals surface area contributed by atoms with Crippen molar-refractivity contribution in [1.29, 1.82) is 0 Å². The molecule has 0 spiro atoms. The van der Waals surface area contributed by atoms with E-state index in [1.807, 2.05) is 24.3 Å². The zero-order valence-electron chi connectivity index (χ0n) is 17.3. The highest BCUT2D eigenvalue weighted by atomic mass is 32.2. The lowest BCUT2D eigenvalue weighted by molar-refractivity contribution is 0.148. The van der Waals surface area contributed by atoms with Crippen molar-refractivity contribution >= 4 is 22.2 Å². The molecule has 0 aliphatic heterocycles. The highest BCUT2D eigenvalue weighted by molar-refractivity contribution is 7.94. The summed E-state index contributed by atoms with van der Waals surface area (Å²) >= 11 is 1.34. The number of rotatable bonds is 10. The first-order valence-electron chi connectivity index (χ1n) is 9.97. The number of hydrogen-bond acceptors (Lipinski definition) is 7. The van der Waals surface area contributed by atoms with E-state index in [1.165, 1.54) is 24.2 Å². The van der Waals surface area contributed by atoms with Gasteiger partial charge in [0.25, 0.3) is 10.1 Å². The third kappa shape index (κ3) is 6.63. The number of hydrogen-bond donors (Lipinski definition) is 0. The van der Waals surface area contributed by atoms with Gasteiger partial charge < -0.3 is 13.7 Å². The summed E-state index contributed by atoms with van der Waals surface area (Å²) in [6.07, 6.45) is 4.45. The molecular weight excluding hydrogens is 424 g/mol. The molecule has 1 saturated carbocycles. The summed E-state index contributed by atoms with van der Waals surface area (Å²) in [6.45, 7) is 1.38. The Bertz CT molecular complexity index is 873. The van der Waals surface area contributed by atoms with Crippen molar-refractivity contribution in [3.8, 4) is 11.5 Å². The lowest BCUT2D eigenvalue weighted by Crippen LogP contribution is -2.23. The van der Waals surface area contributed by atoms with Crippen LogP contribution in [0.4, 0.5) is 0 Å². The molecule has 2 aromatic carbocycles. The predicted molar refractivity (Wildman–Crippen MR) is 116 cm³/mol. The van der Waals surface area contributed by atoms with Gasteiger partial charge in [-0.15, -0.1) is 0 Å². The van der Waals surface area contributed by atoms with Crippen molar-refractivity contribution in [1.82, 2.24) is 0 Å². The van der Waals surface area contributed by atoms with Gasteiger partial charge in [-0.2, -0.15) is 8.42 Å². The van der Waals surface area contributed by atoms with Crippen LogP contribution in [0.3, 0.4) is 0 Å². The van der Waals surface area contributed by atoms with E-state index in [1.54, 1.807) is 19.2 Å². The molecule has 0 heterocycles. The average molecular weight is 453 g/mol. The standard InChI is InChI=1S/C22H28O6S2/c1-25-29-21-11-7-19(8-12-21)27-15-17-3-5-18(6-4-17)16-28-20-9-13-22(14-10-20)30(23,24)26-2/h7-14,17-18H,3-6,15-16H2,1-2H3. The van der Waals surface area contributed by atoms with E-state index in [0.717, 1.165) is 50.0 Å². The van der Waals surface area contributed by atoms with Gasteiger partial charge in [-0.05, 0) is 86.1 Å². The Morgan fingerprint density at radius 3 is 1.70 bits per heavy atom. The Hall–Kier alpha value is -1.74. The molecule has 8 heteroatoms. The highest BCUT2D eigenvalue weighted by Crippen LogP contribution is 2.30. The minimum atomic E-state index is -3.66. The molecule has 1 fully saturated rings. The van der Waals surface area contributed by atoms with Crippen LogP contribution in [-0.2, 0) is 18.5 Å². The lowest BCUT2D eigenvalue weighted by Gasteiger charge is -2.28. The fraction of sp³-hybridized carbons (Fsp3) is 0.455. The van der Waals surface area contributed by atoms with Gasteiger partial charge in [0.05, 0.1) is 32.3 Å². The second-order valence-electron chi connectivity index (χ2n) is 7.32. The van der Waals surface area contributed by atoms with Gasteiger partial charge in [0.2, 0.25) is 0 Å². The minimum Gasteiger partial charge on any atom is -0.493 e. The minimum absolute atomic E-state index is 0.130. The van der Waals surface area contributed by atoms with Crippen LogP contribution in [0.2, 0.25) is 0 Å². The molecule has 6 nitrogen and oxygen atoms in total. The maximum Gasteiger partial charge on any atom is 0.296 e. The molecule has 1 aliphatic rings. The Balaban J connectivity index is 1.37. The van der Waals surface area contributed by atoms with E-state index in [0.29, 0.717) is 24.2 Å². The summed E-state index contributed by atoms with van der Waals surface area (Å²) < 4.78 is 44.7. The summed E-state index contributed by atoms with van der Waals surface area (Å²) in [7, 11) is -0.855. The Morgan fingerprint density at radius 1 is 0.800 bits per heavy atom. The van der Waals surface area contributed by atoms with Crippen molar-refractivity contribution < 1.29 is 26.3 Å². The van der Waals surface area contributed by atoms with E-state index in [2.05, 4.69) is 4.18 Å². The van der Waals surface area contributed by atoms with Crippen molar-refractivity contribution in [2.24, 2.45) is 11.8 Å². The van der Waals surface area contributed by atoms with Crippen LogP contribution in [0.1, 0.15) is 25.7 Å². The van der Waals surface area contributed by atoms with Crippen LogP contribution >= 0.6 is 12.0 Å². The molecule has 0 amide bonds. The first kappa shape index (κ1) is 22.9. The molecule has 0 N–H and O–H groups in total.